The Labute approximate surface area is 175 Å². The summed E-state index contributed by atoms with van der Waals surface area (Å²) in [6.07, 6.45) is 1.93. The van der Waals surface area contributed by atoms with Crippen molar-refractivity contribution in [3.63, 3.8) is 0 Å². The smallest absolute Gasteiger partial charge is 0.280 e. The standard InChI is InChI=1S/C24H22ClN3O/c1-15-10-11-20(25)14-23(15)27-16(2)12-19(18(27)4)13-22-17(3)26-28(24(22)29)21-8-6-5-7-9-21/h5-14H,1-4H3. The fourth-order valence-electron chi connectivity index (χ4n) is 3.71. The first-order valence-electron chi connectivity index (χ1n) is 9.49. The Bertz CT molecular complexity index is 1170. The average Bonchev–Trinajstić information content (AvgIpc) is 3.14. The lowest BCUT2D eigenvalue weighted by Crippen LogP contribution is -2.21. The highest BCUT2D eigenvalue weighted by Gasteiger charge is 2.29. The van der Waals surface area contributed by atoms with Gasteiger partial charge in [0.1, 0.15) is 0 Å². The molecule has 2 aromatic carbocycles. The van der Waals surface area contributed by atoms with Crippen molar-refractivity contribution in [2.45, 2.75) is 27.7 Å². The molecule has 29 heavy (non-hydrogen) atoms. The molecule has 5 heteroatoms. The van der Waals surface area contributed by atoms with Crippen LogP contribution >= 0.6 is 11.6 Å². The molecule has 0 bridgehead atoms. The first-order valence-corrected chi connectivity index (χ1v) is 9.87. The van der Waals surface area contributed by atoms with Crippen molar-refractivity contribution < 1.29 is 4.79 Å². The summed E-state index contributed by atoms with van der Waals surface area (Å²) in [5, 5.41) is 6.63. The summed E-state index contributed by atoms with van der Waals surface area (Å²) in [5.74, 6) is -0.113. The Kier molecular flexibility index (Phi) is 4.89. The number of hydrogen-bond donors (Lipinski definition) is 0. The highest BCUT2D eigenvalue weighted by molar-refractivity contribution is 6.32. The van der Waals surface area contributed by atoms with Crippen molar-refractivity contribution in [3.8, 4) is 5.69 Å². The summed E-state index contributed by atoms with van der Waals surface area (Å²) in [5.41, 5.74) is 7.40. The third-order valence-electron chi connectivity index (χ3n) is 5.25. The molecule has 146 valence electrons. The number of benzene rings is 2. The Balaban J connectivity index is 1.76. The topological polar surface area (TPSA) is 37.6 Å². The summed E-state index contributed by atoms with van der Waals surface area (Å²) in [6.45, 7) is 8.05. The highest BCUT2D eigenvalue weighted by Crippen LogP contribution is 2.29. The normalized spacial score (nSPS) is 15.3. The number of halogens is 1. The van der Waals surface area contributed by atoms with E-state index in [-0.39, 0.29) is 5.91 Å². The van der Waals surface area contributed by atoms with Gasteiger partial charge < -0.3 is 4.57 Å². The Morgan fingerprint density at radius 3 is 2.41 bits per heavy atom. The number of hydrogen-bond acceptors (Lipinski definition) is 2. The fraction of sp³-hybridized carbons (Fsp3) is 0.167. The number of amides is 1. The second-order valence-electron chi connectivity index (χ2n) is 7.29. The van der Waals surface area contributed by atoms with Gasteiger partial charge in [-0.3, -0.25) is 4.79 Å². The predicted octanol–water partition coefficient (Wildman–Crippen LogP) is 5.86. The number of rotatable bonds is 3. The number of hydrazone groups is 1. The number of aryl methyl sites for hydroxylation is 2. The maximum atomic E-state index is 13.0. The van der Waals surface area contributed by atoms with Gasteiger partial charge in [-0.1, -0.05) is 35.9 Å². The minimum absolute atomic E-state index is 0.113. The van der Waals surface area contributed by atoms with E-state index >= 15 is 0 Å². The van der Waals surface area contributed by atoms with Crippen molar-refractivity contribution in [1.82, 2.24) is 4.57 Å². The van der Waals surface area contributed by atoms with E-state index in [1.807, 2.05) is 61.5 Å². The molecule has 0 unspecified atom stereocenters. The zero-order valence-corrected chi connectivity index (χ0v) is 17.7. The van der Waals surface area contributed by atoms with Crippen molar-refractivity contribution >= 4 is 35.0 Å². The first-order chi connectivity index (χ1) is 13.9. The van der Waals surface area contributed by atoms with Crippen LogP contribution in [-0.4, -0.2) is 16.2 Å². The third-order valence-corrected chi connectivity index (χ3v) is 5.48. The van der Waals surface area contributed by atoms with Crippen LogP contribution in [0.25, 0.3) is 11.8 Å². The Hall–Kier alpha value is -3.11. The molecule has 0 fully saturated rings. The molecule has 2 heterocycles. The molecule has 1 amide bonds. The molecule has 0 radical (unpaired) electrons. The van der Waals surface area contributed by atoms with Gasteiger partial charge in [0.25, 0.3) is 5.91 Å². The van der Waals surface area contributed by atoms with Gasteiger partial charge in [0.2, 0.25) is 0 Å². The molecule has 0 N–H and O–H groups in total. The van der Waals surface area contributed by atoms with Crippen molar-refractivity contribution in [3.05, 3.63) is 87.7 Å². The summed E-state index contributed by atoms with van der Waals surface area (Å²) in [4.78, 5) is 13.0. The third kappa shape index (κ3) is 3.40. The molecule has 1 aliphatic heterocycles. The molecule has 4 rings (SSSR count). The Morgan fingerprint density at radius 1 is 0.966 bits per heavy atom. The molecule has 1 aliphatic rings. The van der Waals surface area contributed by atoms with Crippen LogP contribution in [0, 0.1) is 20.8 Å². The fourth-order valence-corrected chi connectivity index (χ4v) is 3.88. The van der Waals surface area contributed by atoms with Gasteiger partial charge in [0.05, 0.1) is 17.0 Å². The lowest BCUT2D eigenvalue weighted by Gasteiger charge is -2.13. The molecule has 0 saturated heterocycles. The van der Waals surface area contributed by atoms with E-state index in [1.165, 1.54) is 5.01 Å². The lowest BCUT2D eigenvalue weighted by molar-refractivity contribution is -0.114. The van der Waals surface area contributed by atoms with Crippen LogP contribution < -0.4 is 5.01 Å². The molecule has 3 aromatic rings. The minimum atomic E-state index is -0.113. The van der Waals surface area contributed by atoms with Crippen LogP contribution in [0.4, 0.5) is 5.69 Å². The van der Waals surface area contributed by atoms with E-state index in [4.69, 9.17) is 11.6 Å². The average molecular weight is 404 g/mol. The summed E-state index contributed by atoms with van der Waals surface area (Å²) in [6, 6.07) is 17.5. The largest absolute Gasteiger partial charge is 0.318 e. The maximum absolute atomic E-state index is 13.0. The van der Waals surface area contributed by atoms with Crippen LogP contribution in [0.2, 0.25) is 5.02 Å². The van der Waals surface area contributed by atoms with Gasteiger partial charge >= 0.3 is 0 Å². The van der Waals surface area contributed by atoms with Crippen molar-refractivity contribution in [2.24, 2.45) is 5.10 Å². The molecular formula is C24H22ClN3O. The maximum Gasteiger partial charge on any atom is 0.280 e. The molecule has 0 saturated carbocycles. The summed E-state index contributed by atoms with van der Waals surface area (Å²) < 4.78 is 2.18. The molecule has 4 nitrogen and oxygen atoms in total. The predicted molar refractivity (Wildman–Crippen MR) is 120 cm³/mol. The van der Waals surface area contributed by atoms with Crippen LogP contribution in [-0.2, 0) is 4.79 Å². The summed E-state index contributed by atoms with van der Waals surface area (Å²) >= 11 is 6.24. The van der Waals surface area contributed by atoms with Gasteiger partial charge in [-0.05, 0) is 75.2 Å². The van der Waals surface area contributed by atoms with E-state index < -0.39 is 0 Å². The van der Waals surface area contributed by atoms with Gasteiger partial charge in [-0.15, -0.1) is 0 Å². The van der Waals surface area contributed by atoms with Crippen LogP contribution in [0.1, 0.15) is 29.4 Å². The first kappa shape index (κ1) is 19.2. The lowest BCUT2D eigenvalue weighted by atomic mass is 10.1. The minimum Gasteiger partial charge on any atom is -0.318 e. The SMILES string of the molecule is CC1=NN(c2ccccc2)C(=O)C1=Cc1cc(C)n(-c2cc(Cl)ccc2C)c1C. The monoisotopic (exact) mass is 403 g/mol. The second kappa shape index (κ2) is 7.37. The summed E-state index contributed by atoms with van der Waals surface area (Å²) in [7, 11) is 0. The molecular weight excluding hydrogens is 382 g/mol. The van der Waals surface area contributed by atoms with Crippen LogP contribution in [0.3, 0.4) is 0 Å². The van der Waals surface area contributed by atoms with E-state index in [0.717, 1.165) is 33.9 Å². The number of para-hydroxylation sites is 1. The molecule has 0 spiro atoms. The second-order valence-corrected chi connectivity index (χ2v) is 7.73. The number of carbonyl (C=O) groups is 1. The number of anilines is 1. The highest BCUT2D eigenvalue weighted by atomic mass is 35.5. The van der Waals surface area contributed by atoms with Gasteiger partial charge in [0, 0.05) is 22.1 Å². The van der Waals surface area contributed by atoms with E-state index in [1.54, 1.807) is 0 Å². The van der Waals surface area contributed by atoms with Crippen molar-refractivity contribution in [2.75, 3.05) is 5.01 Å². The zero-order valence-electron chi connectivity index (χ0n) is 16.9. The number of carbonyl (C=O) groups excluding carboxylic acids is 1. The molecule has 0 aliphatic carbocycles. The van der Waals surface area contributed by atoms with Gasteiger partial charge in [-0.25, -0.2) is 0 Å². The van der Waals surface area contributed by atoms with E-state index in [0.29, 0.717) is 16.3 Å². The molecule has 1 aromatic heterocycles. The van der Waals surface area contributed by atoms with E-state index in [2.05, 4.69) is 36.5 Å². The Morgan fingerprint density at radius 2 is 1.69 bits per heavy atom. The molecule has 0 atom stereocenters. The van der Waals surface area contributed by atoms with Gasteiger partial charge in [0.15, 0.2) is 0 Å². The van der Waals surface area contributed by atoms with Crippen molar-refractivity contribution in [1.29, 1.82) is 0 Å². The van der Waals surface area contributed by atoms with Crippen LogP contribution in [0.5, 0.6) is 0 Å². The quantitative estimate of drug-likeness (QED) is 0.504. The number of aromatic nitrogens is 1. The number of nitrogens with zero attached hydrogens (tertiary/aromatic N) is 3. The van der Waals surface area contributed by atoms with E-state index in [9.17, 15) is 4.79 Å². The van der Waals surface area contributed by atoms with Crippen LogP contribution in [0.15, 0.2) is 65.3 Å². The van der Waals surface area contributed by atoms with Gasteiger partial charge in [-0.2, -0.15) is 10.1 Å². The zero-order chi connectivity index (χ0) is 20.7.